The van der Waals surface area contributed by atoms with Crippen LogP contribution in [-0.4, -0.2) is 41.3 Å². The molecule has 0 unspecified atom stereocenters. The molecule has 0 saturated carbocycles. The van der Waals surface area contributed by atoms with Crippen molar-refractivity contribution in [3.8, 4) is 0 Å². The number of amides is 2. The Kier molecular flexibility index (Phi) is 4.13. The number of aromatic nitrogens is 1. The first kappa shape index (κ1) is 13.2. The fraction of sp³-hybridized carbons (Fsp3) is 0.545. The number of aryl methyl sites for hydroxylation is 1. The summed E-state index contributed by atoms with van der Waals surface area (Å²) in [7, 11) is 0. The summed E-state index contributed by atoms with van der Waals surface area (Å²) in [5.74, 6) is -0.0975. The Hall–Kier alpha value is -1.21. The summed E-state index contributed by atoms with van der Waals surface area (Å²) in [6.07, 6.45) is 1.12. The SMILES string of the molecule is Cc1[nH]c(=S)sc1CC(=O)N1CCCNC(=O)C1. The van der Waals surface area contributed by atoms with Crippen LogP contribution in [-0.2, 0) is 16.0 Å². The van der Waals surface area contributed by atoms with E-state index in [0.717, 1.165) is 17.0 Å². The molecule has 1 saturated heterocycles. The van der Waals surface area contributed by atoms with Crippen LogP contribution < -0.4 is 5.32 Å². The predicted octanol–water partition coefficient (Wildman–Crippen LogP) is 1.01. The lowest BCUT2D eigenvalue weighted by Gasteiger charge is -2.18. The van der Waals surface area contributed by atoms with Gasteiger partial charge in [0.15, 0.2) is 3.95 Å². The largest absolute Gasteiger partial charge is 0.354 e. The molecule has 1 aliphatic heterocycles. The number of hydrogen-bond acceptors (Lipinski definition) is 4. The summed E-state index contributed by atoms with van der Waals surface area (Å²) in [5.41, 5.74) is 0.942. The van der Waals surface area contributed by atoms with Gasteiger partial charge >= 0.3 is 0 Å². The van der Waals surface area contributed by atoms with Crippen LogP contribution in [0.2, 0.25) is 0 Å². The molecule has 18 heavy (non-hydrogen) atoms. The lowest BCUT2D eigenvalue weighted by Crippen LogP contribution is -2.38. The second kappa shape index (κ2) is 5.62. The van der Waals surface area contributed by atoms with Gasteiger partial charge in [-0.1, -0.05) is 0 Å². The first-order valence-electron chi connectivity index (χ1n) is 5.79. The molecular weight excluding hydrogens is 270 g/mol. The van der Waals surface area contributed by atoms with E-state index in [-0.39, 0.29) is 18.4 Å². The van der Waals surface area contributed by atoms with Crippen molar-refractivity contribution in [3.63, 3.8) is 0 Å². The fourth-order valence-corrected chi connectivity index (χ4v) is 3.16. The average Bonchev–Trinajstić information content (AvgIpc) is 2.52. The number of H-pyrrole nitrogens is 1. The number of aromatic amines is 1. The number of rotatable bonds is 2. The van der Waals surface area contributed by atoms with Crippen LogP contribution in [0.4, 0.5) is 0 Å². The quantitative estimate of drug-likeness (QED) is 0.797. The van der Waals surface area contributed by atoms with Crippen LogP contribution in [0, 0.1) is 10.9 Å². The number of thiazole rings is 1. The number of nitrogens with zero attached hydrogens (tertiary/aromatic N) is 1. The summed E-state index contributed by atoms with van der Waals surface area (Å²) in [6.45, 7) is 3.34. The van der Waals surface area contributed by atoms with E-state index in [1.165, 1.54) is 11.3 Å². The van der Waals surface area contributed by atoms with E-state index in [4.69, 9.17) is 12.2 Å². The molecular formula is C11H15N3O2S2. The topological polar surface area (TPSA) is 65.2 Å². The smallest absolute Gasteiger partial charge is 0.239 e. The molecule has 1 aliphatic rings. The highest BCUT2D eigenvalue weighted by atomic mass is 32.1. The molecule has 1 fully saturated rings. The molecule has 98 valence electrons. The lowest BCUT2D eigenvalue weighted by molar-refractivity contribution is -0.134. The third-order valence-corrected chi connectivity index (χ3v) is 4.19. The number of hydrogen-bond donors (Lipinski definition) is 2. The number of carbonyl (C=O) groups is 2. The minimum Gasteiger partial charge on any atom is -0.354 e. The van der Waals surface area contributed by atoms with Gasteiger partial charge in [-0.05, 0) is 25.6 Å². The minimum atomic E-state index is -0.0840. The van der Waals surface area contributed by atoms with Crippen LogP contribution in [0.3, 0.4) is 0 Å². The molecule has 7 heteroatoms. The highest BCUT2D eigenvalue weighted by molar-refractivity contribution is 7.73. The van der Waals surface area contributed by atoms with Crippen LogP contribution in [0.25, 0.3) is 0 Å². The third-order valence-electron chi connectivity index (χ3n) is 2.85. The Bertz CT molecular complexity index is 521. The summed E-state index contributed by atoms with van der Waals surface area (Å²) < 4.78 is 0.684. The maximum atomic E-state index is 12.1. The fourth-order valence-electron chi connectivity index (χ4n) is 1.87. The van der Waals surface area contributed by atoms with E-state index < -0.39 is 0 Å². The van der Waals surface area contributed by atoms with Gasteiger partial charge in [0.1, 0.15) is 0 Å². The molecule has 2 heterocycles. The maximum absolute atomic E-state index is 12.1. The number of carbonyl (C=O) groups excluding carboxylic acids is 2. The van der Waals surface area contributed by atoms with E-state index in [9.17, 15) is 9.59 Å². The van der Waals surface area contributed by atoms with E-state index in [2.05, 4.69) is 10.3 Å². The Morgan fingerprint density at radius 2 is 2.33 bits per heavy atom. The highest BCUT2D eigenvalue weighted by Crippen LogP contribution is 2.16. The molecule has 5 nitrogen and oxygen atoms in total. The van der Waals surface area contributed by atoms with Crippen molar-refractivity contribution >= 4 is 35.4 Å². The lowest BCUT2D eigenvalue weighted by atomic mass is 10.2. The summed E-state index contributed by atoms with van der Waals surface area (Å²) in [4.78, 5) is 29.1. The van der Waals surface area contributed by atoms with Crippen molar-refractivity contribution in [1.29, 1.82) is 0 Å². The summed E-state index contributed by atoms with van der Waals surface area (Å²) >= 11 is 6.47. The van der Waals surface area contributed by atoms with Gasteiger partial charge in [0.05, 0.1) is 13.0 Å². The van der Waals surface area contributed by atoms with Gasteiger partial charge in [-0.25, -0.2) is 0 Å². The van der Waals surface area contributed by atoms with Crippen LogP contribution in [0.1, 0.15) is 17.0 Å². The molecule has 0 aliphatic carbocycles. The van der Waals surface area contributed by atoms with Crippen molar-refractivity contribution in [3.05, 3.63) is 14.5 Å². The zero-order valence-corrected chi connectivity index (χ0v) is 11.7. The van der Waals surface area contributed by atoms with Crippen molar-refractivity contribution in [1.82, 2.24) is 15.2 Å². The number of nitrogens with one attached hydrogen (secondary N) is 2. The zero-order valence-electron chi connectivity index (χ0n) is 10.1. The van der Waals surface area contributed by atoms with Gasteiger partial charge < -0.3 is 15.2 Å². The van der Waals surface area contributed by atoms with Crippen LogP contribution in [0.5, 0.6) is 0 Å². The third kappa shape index (κ3) is 3.17. The summed E-state index contributed by atoms with van der Waals surface area (Å²) in [6, 6.07) is 0. The molecule has 0 aromatic carbocycles. The molecule has 1 aromatic rings. The maximum Gasteiger partial charge on any atom is 0.239 e. The van der Waals surface area contributed by atoms with Gasteiger partial charge in [0.2, 0.25) is 11.8 Å². The molecule has 2 rings (SSSR count). The Balaban J connectivity index is 2.05. The van der Waals surface area contributed by atoms with Crippen molar-refractivity contribution < 1.29 is 9.59 Å². The Labute approximate surface area is 114 Å². The second-order valence-corrected chi connectivity index (χ2v) is 6.03. The molecule has 2 amide bonds. The first-order valence-corrected chi connectivity index (χ1v) is 7.02. The zero-order chi connectivity index (χ0) is 13.1. The van der Waals surface area contributed by atoms with E-state index in [1.807, 2.05) is 6.92 Å². The van der Waals surface area contributed by atoms with E-state index in [1.54, 1.807) is 4.90 Å². The first-order chi connectivity index (χ1) is 8.56. The Morgan fingerprint density at radius 1 is 1.56 bits per heavy atom. The van der Waals surface area contributed by atoms with Crippen LogP contribution >= 0.6 is 23.6 Å². The molecule has 0 bridgehead atoms. The molecule has 1 aromatic heterocycles. The van der Waals surface area contributed by atoms with E-state index >= 15 is 0 Å². The highest BCUT2D eigenvalue weighted by Gasteiger charge is 2.20. The molecule has 0 radical (unpaired) electrons. The predicted molar refractivity (Wildman–Crippen MR) is 72.2 cm³/mol. The summed E-state index contributed by atoms with van der Waals surface area (Å²) in [5, 5.41) is 2.76. The van der Waals surface area contributed by atoms with Crippen molar-refractivity contribution in [2.24, 2.45) is 0 Å². The molecule has 0 atom stereocenters. The van der Waals surface area contributed by atoms with Gasteiger partial charge in [0.25, 0.3) is 0 Å². The van der Waals surface area contributed by atoms with E-state index in [0.29, 0.717) is 23.5 Å². The average molecular weight is 285 g/mol. The van der Waals surface area contributed by atoms with Crippen molar-refractivity contribution in [2.45, 2.75) is 19.8 Å². The minimum absolute atomic E-state index is 0.0135. The van der Waals surface area contributed by atoms with Gasteiger partial charge in [-0.15, -0.1) is 11.3 Å². The second-order valence-electron chi connectivity index (χ2n) is 4.26. The van der Waals surface area contributed by atoms with Crippen LogP contribution in [0.15, 0.2) is 0 Å². The van der Waals surface area contributed by atoms with Gasteiger partial charge in [-0.3, -0.25) is 9.59 Å². The standard InChI is InChI=1S/C11H15N3O2S2/c1-7-8(18-11(17)13-7)5-10(16)14-4-2-3-12-9(15)6-14/h2-6H2,1H3,(H,12,15)(H,13,17). The monoisotopic (exact) mass is 285 g/mol. The van der Waals surface area contributed by atoms with Crippen molar-refractivity contribution in [2.75, 3.05) is 19.6 Å². The molecule has 2 N–H and O–H groups in total. The molecule has 0 spiro atoms. The van der Waals surface area contributed by atoms with Gasteiger partial charge in [0, 0.05) is 23.7 Å². The Morgan fingerprint density at radius 3 is 3.00 bits per heavy atom. The van der Waals surface area contributed by atoms with Gasteiger partial charge in [-0.2, -0.15) is 0 Å². The normalized spacial score (nSPS) is 16.3.